The molecule has 1 aliphatic rings. The van der Waals surface area contributed by atoms with Crippen LogP contribution in [0.25, 0.3) is 10.9 Å². The third kappa shape index (κ3) is 7.34. The molecule has 0 bridgehead atoms. The second kappa shape index (κ2) is 12.8. The summed E-state index contributed by atoms with van der Waals surface area (Å²) in [4.78, 5) is 20.6. The van der Waals surface area contributed by atoms with Crippen LogP contribution in [-0.2, 0) is 9.47 Å². The summed E-state index contributed by atoms with van der Waals surface area (Å²) in [5.74, 6) is 1.89. The predicted octanol–water partition coefficient (Wildman–Crippen LogP) is 5.19. The van der Waals surface area contributed by atoms with Gasteiger partial charge >= 0.3 is 6.03 Å². The number of amides is 2. The van der Waals surface area contributed by atoms with Crippen molar-refractivity contribution < 1.29 is 28.5 Å². The van der Waals surface area contributed by atoms with Crippen LogP contribution in [0.1, 0.15) is 26.7 Å². The van der Waals surface area contributed by atoms with Gasteiger partial charge in [-0.2, -0.15) is 0 Å². The van der Waals surface area contributed by atoms with Crippen molar-refractivity contribution in [3.05, 3.63) is 41.7 Å². The molecule has 198 valence electrons. The molecule has 0 radical (unpaired) electrons. The van der Waals surface area contributed by atoms with E-state index in [-0.39, 0.29) is 18.2 Å². The summed E-state index contributed by atoms with van der Waals surface area (Å²) in [5, 5.41) is 6.43. The number of carbonyl (C=O) groups excluding carboxylic acids is 1. The zero-order valence-electron chi connectivity index (χ0n) is 21.1. The molecule has 4 rings (SSSR count). The molecule has 1 aliphatic heterocycles. The van der Waals surface area contributed by atoms with E-state index in [0.717, 1.165) is 19.4 Å². The van der Waals surface area contributed by atoms with Gasteiger partial charge in [0.15, 0.2) is 11.5 Å². The summed E-state index contributed by atoms with van der Waals surface area (Å²) < 4.78 is 28.6. The lowest BCUT2D eigenvalue weighted by atomic mass is 10.2. The van der Waals surface area contributed by atoms with Gasteiger partial charge in [-0.3, -0.25) is 0 Å². The fourth-order valence-corrected chi connectivity index (χ4v) is 3.94. The Morgan fingerprint density at radius 1 is 1.19 bits per heavy atom. The third-order valence-corrected chi connectivity index (χ3v) is 5.81. The molecule has 37 heavy (non-hydrogen) atoms. The van der Waals surface area contributed by atoms with Gasteiger partial charge in [0.05, 0.1) is 54.6 Å². The molecule has 1 unspecified atom stereocenters. The molecule has 11 heteroatoms. The third-order valence-electron chi connectivity index (χ3n) is 5.49. The molecule has 2 aromatic carbocycles. The number of methoxy groups -OCH3 is 1. The second-order valence-electron chi connectivity index (χ2n) is 8.75. The van der Waals surface area contributed by atoms with Gasteiger partial charge in [0.25, 0.3) is 0 Å². The number of ether oxygens (including phenoxy) is 5. The maximum atomic E-state index is 12.0. The van der Waals surface area contributed by atoms with Gasteiger partial charge in [0.1, 0.15) is 12.1 Å². The van der Waals surface area contributed by atoms with Gasteiger partial charge in [-0.15, -0.1) is 0 Å². The zero-order valence-corrected chi connectivity index (χ0v) is 21.8. The molecule has 10 nitrogen and oxygen atoms in total. The van der Waals surface area contributed by atoms with Crippen LogP contribution >= 0.6 is 11.6 Å². The molecule has 0 saturated carbocycles. The van der Waals surface area contributed by atoms with Gasteiger partial charge in [0.2, 0.25) is 5.88 Å². The van der Waals surface area contributed by atoms with E-state index in [1.807, 2.05) is 13.8 Å². The molecule has 0 aliphatic carbocycles. The van der Waals surface area contributed by atoms with Crippen LogP contribution in [-0.4, -0.2) is 61.7 Å². The van der Waals surface area contributed by atoms with Crippen molar-refractivity contribution in [3.63, 3.8) is 0 Å². The number of nitrogens with zero attached hydrogens (tertiary/aromatic N) is 2. The molecule has 3 aromatic rings. The molecule has 1 saturated heterocycles. The van der Waals surface area contributed by atoms with Gasteiger partial charge in [-0.25, -0.2) is 14.8 Å². The van der Waals surface area contributed by atoms with Crippen LogP contribution in [0.3, 0.4) is 0 Å². The quantitative estimate of drug-likeness (QED) is 0.326. The molecule has 2 amide bonds. The Bertz CT molecular complexity index is 1220. The van der Waals surface area contributed by atoms with Gasteiger partial charge in [-0.1, -0.05) is 11.6 Å². The summed E-state index contributed by atoms with van der Waals surface area (Å²) in [6.45, 7) is 6.23. The van der Waals surface area contributed by atoms with Crippen molar-refractivity contribution in [2.75, 3.05) is 38.9 Å². The Kier molecular flexibility index (Phi) is 9.21. The summed E-state index contributed by atoms with van der Waals surface area (Å²) in [6.07, 6.45) is 3.27. The van der Waals surface area contributed by atoms with E-state index >= 15 is 0 Å². The Labute approximate surface area is 220 Å². The standard InChI is InChI=1S/C26H31ClN4O6/c1-16(2)30-26(32)31-21-6-5-17(11-20(21)27)37-25-19-12-23(33-3)24(13-22(19)28-15-29-25)36-9-4-8-35-18-7-10-34-14-18/h5-6,11-13,15-16,18H,4,7-10,14H2,1-3H3,(H2,30,31,32). The van der Waals surface area contributed by atoms with E-state index in [9.17, 15) is 4.79 Å². The number of aromatic nitrogens is 2. The van der Waals surface area contributed by atoms with E-state index in [2.05, 4.69) is 20.6 Å². The number of hydrogen-bond acceptors (Lipinski definition) is 8. The van der Waals surface area contributed by atoms with E-state index in [0.29, 0.717) is 64.6 Å². The average Bonchev–Trinajstić information content (AvgIpc) is 3.38. The van der Waals surface area contributed by atoms with Crippen LogP contribution in [0.4, 0.5) is 10.5 Å². The fourth-order valence-electron chi connectivity index (χ4n) is 3.72. The first-order valence-corrected chi connectivity index (χ1v) is 12.5. The lowest BCUT2D eigenvalue weighted by Gasteiger charge is -2.15. The number of urea groups is 1. The van der Waals surface area contributed by atoms with E-state index in [1.165, 1.54) is 6.33 Å². The minimum Gasteiger partial charge on any atom is -0.493 e. The van der Waals surface area contributed by atoms with Gasteiger partial charge in [0, 0.05) is 31.2 Å². The molecule has 1 atom stereocenters. The van der Waals surface area contributed by atoms with Crippen molar-refractivity contribution in [2.24, 2.45) is 0 Å². The predicted molar refractivity (Wildman–Crippen MR) is 140 cm³/mol. The monoisotopic (exact) mass is 530 g/mol. The number of fused-ring (bicyclic) bond motifs is 1. The highest BCUT2D eigenvalue weighted by Gasteiger charge is 2.16. The first-order chi connectivity index (χ1) is 17.9. The molecule has 2 N–H and O–H groups in total. The van der Waals surface area contributed by atoms with Crippen LogP contribution < -0.4 is 24.8 Å². The van der Waals surface area contributed by atoms with Crippen molar-refractivity contribution in [1.82, 2.24) is 15.3 Å². The lowest BCUT2D eigenvalue weighted by molar-refractivity contribution is 0.0365. The van der Waals surface area contributed by atoms with Crippen molar-refractivity contribution in [3.8, 4) is 23.1 Å². The first-order valence-electron chi connectivity index (χ1n) is 12.1. The highest BCUT2D eigenvalue weighted by atomic mass is 35.5. The van der Waals surface area contributed by atoms with Crippen LogP contribution in [0, 0.1) is 0 Å². The Morgan fingerprint density at radius 3 is 2.78 bits per heavy atom. The van der Waals surface area contributed by atoms with Crippen molar-refractivity contribution >= 4 is 34.2 Å². The van der Waals surface area contributed by atoms with Crippen LogP contribution in [0.2, 0.25) is 5.02 Å². The number of benzene rings is 2. The van der Waals surface area contributed by atoms with Gasteiger partial charge in [-0.05, 0) is 38.5 Å². The summed E-state index contributed by atoms with van der Waals surface area (Å²) in [6, 6.07) is 8.20. The molecule has 1 aromatic heterocycles. The molecular formula is C26H31ClN4O6. The number of halogens is 1. The highest BCUT2D eigenvalue weighted by Crippen LogP contribution is 2.37. The van der Waals surface area contributed by atoms with E-state index in [4.69, 9.17) is 35.3 Å². The normalized spacial score (nSPS) is 15.1. The number of carbonyl (C=O) groups is 1. The lowest BCUT2D eigenvalue weighted by Crippen LogP contribution is -2.34. The smallest absolute Gasteiger partial charge is 0.319 e. The number of nitrogens with one attached hydrogen (secondary N) is 2. The van der Waals surface area contributed by atoms with Crippen molar-refractivity contribution in [1.29, 1.82) is 0 Å². The maximum Gasteiger partial charge on any atom is 0.319 e. The summed E-state index contributed by atoms with van der Waals surface area (Å²) in [5.41, 5.74) is 1.10. The minimum atomic E-state index is -0.339. The second-order valence-corrected chi connectivity index (χ2v) is 9.16. The van der Waals surface area contributed by atoms with Crippen molar-refractivity contribution in [2.45, 2.75) is 38.8 Å². The fraction of sp³-hybridized carbons (Fsp3) is 0.423. The molecule has 0 spiro atoms. The van der Waals surface area contributed by atoms with Crippen LogP contribution in [0.5, 0.6) is 23.1 Å². The maximum absolute atomic E-state index is 12.0. The molecule has 1 fully saturated rings. The molecule has 2 heterocycles. The Balaban J connectivity index is 1.43. The summed E-state index contributed by atoms with van der Waals surface area (Å²) in [7, 11) is 1.57. The van der Waals surface area contributed by atoms with Crippen LogP contribution in [0.15, 0.2) is 36.7 Å². The topological polar surface area (TPSA) is 113 Å². The van der Waals surface area contributed by atoms with E-state index < -0.39 is 0 Å². The SMILES string of the molecule is COc1cc2c(Oc3ccc(NC(=O)NC(C)C)c(Cl)c3)ncnc2cc1OCCCOC1CCOC1. The molecular weight excluding hydrogens is 500 g/mol. The van der Waals surface area contributed by atoms with E-state index in [1.54, 1.807) is 37.4 Å². The highest BCUT2D eigenvalue weighted by molar-refractivity contribution is 6.33. The number of anilines is 1. The largest absolute Gasteiger partial charge is 0.493 e. The number of rotatable bonds is 11. The number of hydrogen-bond donors (Lipinski definition) is 2. The summed E-state index contributed by atoms with van der Waals surface area (Å²) >= 11 is 6.36. The zero-order chi connectivity index (χ0) is 26.2. The Morgan fingerprint density at radius 2 is 2.05 bits per heavy atom. The first kappa shape index (κ1) is 26.7. The Hall–Kier alpha value is -3.34. The minimum absolute atomic E-state index is 0.00136. The van der Waals surface area contributed by atoms with Gasteiger partial charge < -0.3 is 34.3 Å². The average molecular weight is 531 g/mol.